The fourth-order valence-corrected chi connectivity index (χ4v) is 3.64. The summed E-state index contributed by atoms with van der Waals surface area (Å²) in [5, 5.41) is 0. The van der Waals surface area contributed by atoms with Crippen LogP contribution in [0.1, 0.15) is 18.4 Å². The Balaban J connectivity index is 1.36. The topological polar surface area (TPSA) is 35.5 Å². The number of allylic oxidation sites excluding steroid dienone is 2. The third kappa shape index (κ3) is 3.21. The van der Waals surface area contributed by atoms with E-state index < -0.39 is 0 Å². The Labute approximate surface area is 141 Å². The van der Waals surface area contributed by atoms with E-state index in [1.54, 1.807) is 0 Å². The van der Waals surface area contributed by atoms with E-state index in [1.807, 2.05) is 54.6 Å². The van der Waals surface area contributed by atoms with Crippen LogP contribution < -0.4 is 4.74 Å². The second kappa shape index (κ2) is 6.52. The second-order valence-corrected chi connectivity index (χ2v) is 6.56. The number of hydrogen-bond donors (Lipinski definition) is 0. The van der Waals surface area contributed by atoms with Gasteiger partial charge in [0.15, 0.2) is 0 Å². The number of esters is 1. The number of para-hydroxylation sites is 1. The molecule has 3 heteroatoms. The Bertz CT molecular complexity index is 751. The van der Waals surface area contributed by atoms with Crippen molar-refractivity contribution in [1.82, 2.24) is 0 Å². The van der Waals surface area contributed by atoms with E-state index in [2.05, 4.69) is 12.2 Å². The predicted octanol–water partition coefficient (Wildman–Crippen LogP) is 4.73. The van der Waals surface area contributed by atoms with Gasteiger partial charge in [-0.2, -0.15) is 0 Å². The largest absolute Gasteiger partial charge is 0.461 e. The van der Waals surface area contributed by atoms with Crippen molar-refractivity contribution in [2.45, 2.75) is 19.4 Å². The Kier molecular flexibility index (Phi) is 4.08. The number of carbonyl (C=O) groups is 1. The Morgan fingerprint density at radius 1 is 0.958 bits per heavy atom. The summed E-state index contributed by atoms with van der Waals surface area (Å²) in [7, 11) is 0. The third-order valence-corrected chi connectivity index (χ3v) is 4.84. The lowest BCUT2D eigenvalue weighted by molar-refractivity contribution is -0.150. The molecule has 3 atom stereocenters. The van der Waals surface area contributed by atoms with Crippen molar-refractivity contribution in [2.75, 3.05) is 0 Å². The molecule has 4 rings (SSSR count). The van der Waals surface area contributed by atoms with Gasteiger partial charge in [0, 0.05) is 0 Å². The van der Waals surface area contributed by atoms with E-state index >= 15 is 0 Å². The molecule has 0 heterocycles. The smallest absolute Gasteiger partial charge is 0.309 e. The lowest BCUT2D eigenvalue weighted by Crippen LogP contribution is -2.21. The maximum atomic E-state index is 12.3. The molecule has 122 valence electrons. The number of benzene rings is 2. The molecule has 0 N–H and O–H groups in total. The van der Waals surface area contributed by atoms with Gasteiger partial charge in [-0.15, -0.1) is 0 Å². The number of carbonyl (C=O) groups excluding carboxylic acids is 1. The fourth-order valence-electron chi connectivity index (χ4n) is 3.64. The minimum absolute atomic E-state index is 0.0451. The molecule has 3 nitrogen and oxygen atoms in total. The summed E-state index contributed by atoms with van der Waals surface area (Å²) in [6, 6.07) is 17.3. The highest BCUT2D eigenvalue weighted by atomic mass is 16.5. The molecule has 2 aromatic carbocycles. The highest BCUT2D eigenvalue weighted by molar-refractivity contribution is 5.74. The van der Waals surface area contributed by atoms with Gasteiger partial charge in [0.25, 0.3) is 0 Å². The average Bonchev–Trinajstić information content (AvgIpc) is 3.24. The first-order chi connectivity index (χ1) is 11.8. The maximum absolute atomic E-state index is 12.3. The van der Waals surface area contributed by atoms with Gasteiger partial charge in [0.05, 0.1) is 5.92 Å². The van der Waals surface area contributed by atoms with Crippen molar-refractivity contribution < 1.29 is 14.3 Å². The molecular formula is C21H20O3. The number of fused-ring (bicyclic) bond motifs is 2. The molecule has 24 heavy (non-hydrogen) atoms. The molecule has 2 bridgehead atoms. The van der Waals surface area contributed by atoms with E-state index in [9.17, 15) is 4.79 Å². The van der Waals surface area contributed by atoms with Crippen LogP contribution in [0.15, 0.2) is 66.7 Å². The zero-order chi connectivity index (χ0) is 16.4. The normalized spacial score (nSPS) is 24.1. The van der Waals surface area contributed by atoms with Gasteiger partial charge in [-0.05, 0) is 54.5 Å². The van der Waals surface area contributed by atoms with Gasteiger partial charge in [0.2, 0.25) is 0 Å². The first kappa shape index (κ1) is 15.0. The summed E-state index contributed by atoms with van der Waals surface area (Å²) in [5.41, 5.74) is 0.940. The van der Waals surface area contributed by atoms with Crippen LogP contribution >= 0.6 is 0 Å². The molecule has 0 radical (unpaired) electrons. The zero-order valence-electron chi connectivity index (χ0n) is 13.4. The van der Waals surface area contributed by atoms with Gasteiger partial charge in [-0.1, -0.05) is 42.5 Å². The Morgan fingerprint density at radius 3 is 2.54 bits per heavy atom. The molecule has 0 spiro atoms. The van der Waals surface area contributed by atoms with Crippen molar-refractivity contribution in [3.8, 4) is 11.5 Å². The lowest BCUT2D eigenvalue weighted by Gasteiger charge is -2.16. The molecular weight excluding hydrogens is 300 g/mol. The van der Waals surface area contributed by atoms with Gasteiger partial charge in [-0.3, -0.25) is 4.79 Å². The van der Waals surface area contributed by atoms with Crippen molar-refractivity contribution in [3.05, 3.63) is 72.3 Å². The second-order valence-electron chi connectivity index (χ2n) is 6.56. The molecule has 3 unspecified atom stereocenters. The highest BCUT2D eigenvalue weighted by Crippen LogP contribution is 2.43. The predicted molar refractivity (Wildman–Crippen MR) is 91.6 cm³/mol. The first-order valence-electron chi connectivity index (χ1n) is 8.45. The van der Waals surface area contributed by atoms with Crippen molar-refractivity contribution in [1.29, 1.82) is 0 Å². The van der Waals surface area contributed by atoms with E-state index in [4.69, 9.17) is 9.47 Å². The molecule has 2 aliphatic carbocycles. The summed E-state index contributed by atoms with van der Waals surface area (Å²) in [6.07, 6.45) is 6.46. The standard InChI is InChI=1S/C21H20O3/c22-21(20-13-15-9-10-17(20)11-15)23-14-16-5-4-8-19(12-16)24-18-6-2-1-3-7-18/h1-10,12,15,17,20H,11,13-14H2. The summed E-state index contributed by atoms with van der Waals surface area (Å²) in [6.45, 7) is 0.294. The SMILES string of the molecule is O=C(OCc1cccc(Oc2ccccc2)c1)C1CC2C=CC1C2. The number of ether oxygens (including phenoxy) is 2. The quantitative estimate of drug-likeness (QED) is 0.590. The number of hydrogen-bond acceptors (Lipinski definition) is 3. The van der Waals surface area contributed by atoms with Crippen LogP contribution in [0.2, 0.25) is 0 Å². The Hall–Kier alpha value is -2.55. The number of rotatable bonds is 5. The fraction of sp³-hybridized carbons (Fsp3) is 0.286. The zero-order valence-corrected chi connectivity index (χ0v) is 13.4. The lowest BCUT2D eigenvalue weighted by atomic mass is 9.94. The summed E-state index contributed by atoms with van der Waals surface area (Å²) in [5.74, 6) is 2.48. The van der Waals surface area contributed by atoms with Crippen molar-refractivity contribution >= 4 is 5.97 Å². The Morgan fingerprint density at radius 2 is 1.79 bits per heavy atom. The molecule has 0 amide bonds. The molecule has 1 saturated carbocycles. The molecule has 2 aliphatic rings. The minimum Gasteiger partial charge on any atom is -0.461 e. The maximum Gasteiger partial charge on any atom is 0.309 e. The van der Waals surface area contributed by atoms with E-state index in [0.717, 1.165) is 29.9 Å². The molecule has 0 saturated heterocycles. The summed E-state index contributed by atoms with van der Waals surface area (Å²) >= 11 is 0. The summed E-state index contributed by atoms with van der Waals surface area (Å²) in [4.78, 5) is 12.3. The van der Waals surface area contributed by atoms with Gasteiger partial charge >= 0.3 is 5.97 Å². The van der Waals surface area contributed by atoms with Crippen molar-refractivity contribution in [3.63, 3.8) is 0 Å². The monoisotopic (exact) mass is 320 g/mol. The van der Waals surface area contributed by atoms with Crippen LogP contribution in [-0.4, -0.2) is 5.97 Å². The highest BCUT2D eigenvalue weighted by Gasteiger charge is 2.40. The average molecular weight is 320 g/mol. The minimum atomic E-state index is -0.0683. The van der Waals surface area contributed by atoms with Crippen LogP contribution in [0.4, 0.5) is 0 Å². The van der Waals surface area contributed by atoms with E-state index in [1.165, 1.54) is 0 Å². The molecule has 2 aromatic rings. The van der Waals surface area contributed by atoms with E-state index in [-0.39, 0.29) is 11.9 Å². The van der Waals surface area contributed by atoms with Crippen LogP contribution in [0.5, 0.6) is 11.5 Å². The van der Waals surface area contributed by atoms with Gasteiger partial charge < -0.3 is 9.47 Å². The van der Waals surface area contributed by atoms with Crippen LogP contribution in [0, 0.1) is 17.8 Å². The van der Waals surface area contributed by atoms with Crippen LogP contribution in [-0.2, 0) is 16.1 Å². The van der Waals surface area contributed by atoms with Gasteiger partial charge in [-0.25, -0.2) is 0 Å². The van der Waals surface area contributed by atoms with E-state index in [0.29, 0.717) is 18.4 Å². The molecule has 0 aromatic heterocycles. The first-order valence-corrected chi connectivity index (χ1v) is 8.45. The van der Waals surface area contributed by atoms with Crippen molar-refractivity contribution in [2.24, 2.45) is 17.8 Å². The van der Waals surface area contributed by atoms with Crippen LogP contribution in [0.3, 0.4) is 0 Å². The van der Waals surface area contributed by atoms with Crippen LogP contribution in [0.25, 0.3) is 0 Å². The summed E-state index contributed by atoms with van der Waals surface area (Å²) < 4.78 is 11.4. The molecule has 1 fully saturated rings. The van der Waals surface area contributed by atoms with Gasteiger partial charge in [0.1, 0.15) is 18.1 Å². The third-order valence-electron chi connectivity index (χ3n) is 4.84. The molecule has 0 aliphatic heterocycles.